The number of carbonyl (C=O) groups excluding carboxylic acids is 1. The SMILES string of the molecule is CC(=O)N1N=C(c2c(-c3ccccc3)c3cc(Cl)ccc3[nH]c2=O)C[C@@H]1c1ccc(Cl)cc1. The first-order chi connectivity index (χ1) is 15.9. The van der Waals surface area contributed by atoms with E-state index in [1.807, 2.05) is 48.5 Å². The molecule has 2 heterocycles. The molecule has 0 spiro atoms. The summed E-state index contributed by atoms with van der Waals surface area (Å²) in [5.74, 6) is -0.202. The average molecular weight is 476 g/mol. The number of hydrogen-bond donors (Lipinski definition) is 1. The van der Waals surface area contributed by atoms with Crippen molar-refractivity contribution in [2.75, 3.05) is 0 Å². The van der Waals surface area contributed by atoms with Crippen LogP contribution in [-0.2, 0) is 4.79 Å². The number of amides is 1. The number of aromatic nitrogens is 1. The molecule has 0 unspecified atom stereocenters. The van der Waals surface area contributed by atoms with Crippen LogP contribution in [0.2, 0.25) is 10.0 Å². The van der Waals surface area contributed by atoms with Gasteiger partial charge in [-0.25, -0.2) is 5.01 Å². The Morgan fingerprint density at radius 3 is 2.36 bits per heavy atom. The van der Waals surface area contributed by atoms with Crippen molar-refractivity contribution >= 4 is 45.7 Å². The van der Waals surface area contributed by atoms with Gasteiger partial charge in [0, 0.05) is 39.9 Å². The van der Waals surface area contributed by atoms with E-state index in [1.54, 1.807) is 24.3 Å². The van der Waals surface area contributed by atoms with Crippen molar-refractivity contribution in [2.45, 2.75) is 19.4 Å². The molecule has 164 valence electrons. The lowest BCUT2D eigenvalue weighted by atomic mass is 9.91. The van der Waals surface area contributed by atoms with Gasteiger partial charge in [0.05, 0.1) is 17.3 Å². The van der Waals surface area contributed by atoms with E-state index in [1.165, 1.54) is 11.9 Å². The molecule has 0 saturated heterocycles. The zero-order valence-electron chi connectivity index (χ0n) is 17.7. The smallest absolute Gasteiger partial charge is 0.258 e. The first kappa shape index (κ1) is 21.4. The fraction of sp³-hybridized carbons (Fsp3) is 0.115. The highest BCUT2D eigenvalue weighted by Gasteiger charge is 2.34. The second-order valence-electron chi connectivity index (χ2n) is 7.94. The number of hydrogen-bond acceptors (Lipinski definition) is 3. The van der Waals surface area contributed by atoms with Crippen LogP contribution in [0.5, 0.6) is 0 Å². The van der Waals surface area contributed by atoms with E-state index in [2.05, 4.69) is 10.1 Å². The molecule has 1 aromatic heterocycles. The monoisotopic (exact) mass is 475 g/mol. The largest absolute Gasteiger partial charge is 0.321 e. The Kier molecular flexibility index (Phi) is 5.52. The lowest BCUT2D eigenvalue weighted by Crippen LogP contribution is -2.24. The molecule has 1 aliphatic rings. The van der Waals surface area contributed by atoms with Crippen LogP contribution in [0.15, 0.2) is 82.7 Å². The fourth-order valence-corrected chi connectivity index (χ4v) is 4.64. The Morgan fingerprint density at radius 2 is 1.67 bits per heavy atom. The first-order valence-electron chi connectivity index (χ1n) is 10.5. The Hall–Kier alpha value is -3.41. The average Bonchev–Trinajstić information content (AvgIpc) is 3.25. The maximum absolute atomic E-state index is 13.4. The van der Waals surface area contributed by atoms with Crippen LogP contribution in [0.1, 0.15) is 30.5 Å². The van der Waals surface area contributed by atoms with Crippen molar-refractivity contribution in [3.63, 3.8) is 0 Å². The highest BCUT2D eigenvalue weighted by Crippen LogP contribution is 2.37. The second-order valence-corrected chi connectivity index (χ2v) is 8.81. The number of benzene rings is 3. The molecule has 4 aromatic rings. The number of carbonyl (C=O) groups is 1. The second kappa shape index (κ2) is 8.50. The third-order valence-electron chi connectivity index (χ3n) is 5.82. The van der Waals surface area contributed by atoms with Crippen molar-refractivity contribution in [1.82, 2.24) is 9.99 Å². The number of nitrogens with one attached hydrogen (secondary N) is 1. The maximum atomic E-state index is 13.4. The van der Waals surface area contributed by atoms with Crippen LogP contribution >= 0.6 is 23.2 Å². The number of hydrazone groups is 1. The highest BCUT2D eigenvalue weighted by molar-refractivity contribution is 6.31. The molecule has 3 aromatic carbocycles. The van der Waals surface area contributed by atoms with Gasteiger partial charge in [-0.15, -0.1) is 0 Å². The number of H-pyrrole nitrogens is 1. The topological polar surface area (TPSA) is 65.5 Å². The molecule has 0 fully saturated rings. The number of aromatic amines is 1. The van der Waals surface area contributed by atoms with Gasteiger partial charge in [0.2, 0.25) is 5.91 Å². The van der Waals surface area contributed by atoms with E-state index in [0.29, 0.717) is 33.3 Å². The van der Waals surface area contributed by atoms with E-state index in [0.717, 1.165) is 22.1 Å². The van der Waals surface area contributed by atoms with Gasteiger partial charge in [-0.1, -0.05) is 65.7 Å². The summed E-state index contributed by atoms with van der Waals surface area (Å²) in [6.07, 6.45) is 0.399. The molecular weight excluding hydrogens is 457 g/mol. The zero-order chi connectivity index (χ0) is 23.1. The molecule has 5 nitrogen and oxygen atoms in total. The number of fused-ring (bicyclic) bond motifs is 1. The van der Waals surface area contributed by atoms with Crippen molar-refractivity contribution in [2.24, 2.45) is 5.10 Å². The number of pyridine rings is 1. The molecule has 0 saturated carbocycles. The lowest BCUT2D eigenvalue weighted by molar-refractivity contribution is -0.130. The standard InChI is InChI=1S/C26H19Cl2N3O2/c1-15(32)31-23(16-7-9-18(27)10-8-16)14-22(30-31)25-24(17-5-3-2-4-6-17)20-13-19(28)11-12-21(20)29-26(25)33/h2-13,23H,14H2,1H3,(H,29,33)/t23-/m1/s1. The van der Waals surface area contributed by atoms with Crippen molar-refractivity contribution < 1.29 is 4.79 Å². The van der Waals surface area contributed by atoms with Crippen LogP contribution in [0.25, 0.3) is 22.0 Å². The van der Waals surface area contributed by atoms with Gasteiger partial charge in [0.1, 0.15) is 0 Å². The third kappa shape index (κ3) is 3.94. The molecule has 1 amide bonds. The van der Waals surface area contributed by atoms with Gasteiger partial charge < -0.3 is 4.98 Å². The predicted octanol–water partition coefficient (Wildman–Crippen LogP) is 6.20. The van der Waals surface area contributed by atoms with E-state index in [-0.39, 0.29) is 17.5 Å². The van der Waals surface area contributed by atoms with Gasteiger partial charge in [-0.3, -0.25) is 9.59 Å². The van der Waals surface area contributed by atoms with Crippen molar-refractivity contribution in [3.8, 4) is 11.1 Å². The minimum absolute atomic E-state index is 0.202. The van der Waals surface area contributed by atoms with Crippen molar-refractivity contribution in [3.05, 3.63) is 104 Å². The quantitative estimate of drug-likeness (QED) is 0.383. The van der Waals surface area contributed by atoms with Crippen LogP contribution in [-0.4, -0.2) is 21.6 Å². The molecule has 1 aliphatic heterocycles. The molecule has 0 radical (unpaired) electrons. The van der Waals surface area contributed by atoms with Gasteiger partial charge in [0.25, 0.3) is 5.56 Å². The minimum atomic E-state index is -0.326. The molecule has 5 rings (SSSR count). The summed E-state index contributed by atoms with van der Waals surface area (Å²) in [5.41, 5.74) is 3.93. The van der Waals surface area contributed by atoms with Crippen LogP contribution in [0.3, 0.4) is 0 Å². The molecule has 7 heteroatoms. The Balaban J connectivity index is 1.74. The van der Waals surface area contributed by atoms with Crippen LogP contribution in [0.4, 0.5) is 0 Å². The van der Waals surface area contributed by atoms with E-state index in [9.17, 15) is 9.59 Å². The highest BCUT2D eigenvalue weighted by atomic mass is 35.5. The molecule has 0 aliphatic carbocycles. The number of nitrogens with zero attached hydrogens (tertiary/aromatic N) is 2. The summed E-state index contributed by atoms with van der Waals surface area (Å²) in [7, 11) is 0. The van der Waals surface area contributed by atoms with E-state index in [4.69, 9.17) is 23.2 Å². The number of rotatable bonds is 3. The van der Waals surface area contributed by atoms with Gasteiger partial charge >= 0.3 is 0 Å². The summed E-state index contributed by atoms with van der Waals surface area (Å²) >= 11 is 12.4. The molecule has 1 atom stereocenters. The fourth-order valence-electron chi connectivity index (χ4n) is 4.34. The van der Waals surface area contributed by atoms with Crippen LogP contribution < -0.4 is 5.56 Å². The van der Waals surface area contributed by atoms with Gasteiger partial charge in [-0.05, 0) is 41.5 Å². The van der Waals surface area contributed by atoms with E-state index < -0.39 is 0 Å². The summed E-state index contributed by atoms with van der Waals surface area (Å²) in [5, 5.41) is 8.06. The molecule has 33 heavy (non-hydrogen) atoms. The summed E-state index contributed by atoms with van der Waals surface area (Å²) in [6.45, 7) is 1.47. The predicted molar refractivity (Wildman–Crippen MR) is 133 cm³/mol. The summed E-state index contributed by atoms with van der Waals surface area (Å²) in [6, 6.07) is 22.1. The first-order valence-corrected chi connectivity index (χ1v) is 11.2. The Bertz CT molecular complexity index is 1460. The minimum Gasteiger partial charge on any atom is -0.321 e. The van der Waals surface area contributed by atoms with Crippen molar-refractivity contribution in [1.29, 1.82) is 0 Å². The number of halogens is 2. The van der Waals surface area contributed by atoms with Crippen LogP contribution in [0, 0.1) is 0 Å². The zero-order valence-corrected chi connectivity index (χ0v) is 19.2. The maximum Gasteiger partial charge on any atom is 0.258 e. The molecule has 1 N–H and O–H groups in total. The summed E-state index contributed by atoms with van der Waals surface area (Å²) in [4.78, 5) is 28.8. The lowest BCUT2D eigenvalue weighted by Gasteiger charge is -2.20. The third-order valence-corrected chi connectivity index (χ3v) is 6.30. The Labute approximate surface area is 200 Å². The van der Waals surface area contributed by atoms with E-state index >= 15 is 0 Å². The summed E-state index contributed by atoms with van der Waals surface area (Å²) < 4.78 is 0. The van der Waals surface area contributed by atoms with Gasteiger partial charge in [0.15, 0.2) is 0 Å². The molecular formula is C26H19Cl2N3O2. The van der Waals surface area contributed by atoms with Gasteiger partial charge in [-0.2, -0.15) is 5.10 Å². The Morgan fingerprint density at radius 1 is 0.970 bits per heavy atom. The normalized spacial score (nSPS) is 15.7. The molecule has 0 bridgehead atoms.